The van der Waals surface area contributed by atoms with Crippen LogP contribution in [0.3, 0.4) is 0 Å². The maximum Gasteiger partial charge on any atom is 0.287 e. The number of nitro groups is 1. The minimum Gasteiger partial charge on any atom is -0.453 e. The van der Waals surface area contributed by atoms with Gasteiger partial charge in [-0.2, -0.15) is 0 Å². The smallest absolute Gasteiger partial charge is 0.287 e. The third kappa shape index (κ3) is 1.85. The Morgan fingerprint density at radius 3 is 2.73 bits per heavy atom. The summed E-state index contributed by atoms with van der Waals surface area (Å²) < 4.78 is 5.02. The Labute approximate surface area is 90.2 Å². The molecule has 0 amide bonds. The van der Waals surface area contributed by atoms with Gasteiger partial charge in [0, 0.05) is 11.6 Å². The van der Waals surface area contributed by atoms with Crippen molar-refractivity contribution in [1.82, 2.24) is 0 Å². The van der Waals surface area contributed by atoms with Crippen LogP contribution in [0.15, 0.2) is 34.7 Å². The highest BCUT2D eigenvalue weighted by atomic mass is 35.5. The second-order valence-corrected chi connectivity index (χ2v) is 3.25. The van der Waals surface area contributed by atoms with Crippen LogP contribution in [-0.4, -0.2) is 4.92 Å². The number of hydrogen-bond donors (Lipinski definition) is 0. The Bertz CT molecular complexity index is 493. The molecule has 0 unspecified atom stereocenters. The first-order chi connectivity index (χ1) is 7.18. The average molecular weight is 223 g/mol. The maximum absolute atomic E-state index is 10.5. The highest BCUT2D eigenvalue weighted by Crippen LogP contribution is 2.29. The molecule has 2 aromatic rings. The van der Waals surface area contributed by atoms with Crippen molar-refractivity contribution in [2.75, 3.05) is 0 Å². The van der Waals surface area contributed by atoms with Gasteiger partial charge in [-0.1, -0.05) is 11.6 Å². The van der Waals surface area contributed by atoms with Crippen molar-refractivity contribution in [3.8, 4) is 11.3 Å². The van der Waals surface area contributed by atoms with Gasteiger partial charge in [-0.25, -0.2) is 0 Å². The number of nitrogens with zero attached hydrogens (tertiary/aromatic N) is 1. The van der Waals surface area contributed by atoms with Crippen molar-refractivity contribution in [2.45, 2.75) is 0 Å². The summed E-state index contributed by atoms with van der Waals surface area (Å²) in [5.74, 6) is 0.576. The average Bonchev–Trinajstić information content (AvgIpc) is 2.69. The number of halogens is 1. The lowest BCUT2D eigenvalue weighted by molar-refractivity contribution is -0.384. The molecule has 0 saturated carbocycles. The topological polar surface area (TPSA) is 56.3 Å². The number of furan rings is 1. The molecule has 0 aliphatic carbocycles. The van der Waals surface area contributed by atoms with Gasteiger partial charge in [-0.15, -0.1) is 0 Å². The molecule has 75 valence electrons. The van der Waals surface area contributed by atoms with Crippen molar-refractivity contribution < 1.29 is 9.34 Å². The van der Waals surface area contributed by atoms with Crippen LogP contribution in [0.4, 0.5) is 5.69 Å². The molecule has 5 heteroatoms. The molecule has 1 radical (unpaired) electrons. The van der Waals surface area contributed by atoms with Crippen molar-refractivity contribution in [3.05, 3.63) is 51.7 Å². The van der Waals surface area contributed by atoms with Crippen LogP contribution < -0.4 is 0 Å². The largest absolute Gasteiger partial charge is 0.453 e. The molecule has 1 aromatic heterocycles. The lowest BCUT2D eigenvalue weighted by Gasteiger charge is -1.98. The van der Waals surface area contributed by atoms with E-state index in [1.807, 2.05) is 0 Å². The third-order valence-electron chi connectivity index (χ3n) is 1.90. The Hall–Kier alpha value is -1.81. The molecule has 0 aliphatic rings. The highest BCUT2D eigenvalue weighted by molar-refractivity contribution is 6.32. The number of benzene rings is 1. The molecule has 0 fully saturated rings. The maximum atomic E-state index is 10.5. The summed E-state index contributed by atoms with van der Waals surface area (Å²) in [5.41, 5.74) is 0.572. The minimum absolute atomic E-state index is 0.0916. The van der Waals surface area contributed by atoms with E-state index in [2.05, 4.69) is 6.26 Å². The zero-order valence-electron chi connectivity index (χ0n) is 7.44. The van der Waals surface area contributed by atoms with Gasteiger partial charge in [-0.3, -0.25) is 10.1 Å². The van der Waals surface area contributed by atoms with E-state index in [0.29, 0.717) is 11.3 Å². The van der Waals surface area contributed by atoms with Gasteiger partial charge in [0.2, 0.25) is 0 Å². The van der Waals surface area contributed by atoms with Gasteiger partial charge in [0.05, 0.1) is 4.92 Å². The molecule has 4 nitrogen and oxygen atoms in total. The monoisotopic (exact) mass is 222 g/mol. The molecule has 0 saturated heterocycles. The summed E-state index contributed by atoms with van der Waals surface area (Å²) in [6.07, 6.45) is 2.53. The van der Waals surface area contributed by atoms with Gasteiger partial charge in [0.15, 0.2) is 6.26 Å². The zero-order chi connectivity index (χ0) is 10.8. The van der Waals surface area contributed by atoms with Crippen LogP contribution >= 0.6 is 11.6 Å². The Morgan fingerprint density at radius 1 is 1.40 bits per heavy atom. The first-order valence-electron chi connectivity index (χ1n) is 4.08. The van der Waals surface area contributed by atoms with Crippen molar-refractivity contribution in [3.63, 3.8) is 0 Å². The minimum atomic E-state index is -0.527. The van der Waals surface area contributed by atoms with Crippen LogP contribution in [0.2, 0.25) is 5.02 Å². The van der Waals surface area contributed by atoms with E-state index < -0.39 is 4.92 Å². The SMILES string of the molecule is O=[N+]([O-])c1ccc(-c2cc[c]o2)cc1Cl. The molecule has 2 rings (SSSR count). The number of hydrogen-bond acceptors (Lipinski definition) is 3. The van der Waals surface area contributed by atoms with Crippen molar-refractivity contribution in [1.29, 1.82) is 0 Å². The Balaban J connectivity index is 2.47. The third-order valence-corrected chi connectivity index (χ3v) is 2.20. The molecule has 0 bridgehead atoms. The summed E-state index contributed by atoms with van der Waals surface area (Å²) in [6.45, 7) is 0. The van der Waals surface area contributed by atoms with Gasteiger partial charge >= 0.3 is 0 Å². The lowest BCUT2D eigenvalue weighted by Crippen LogP contribution is -1.88. The highest BCUT2D eigenvalue weighted by Gasteiger charge is 2.13. The van der Waals surface area contributed by atoms with Gasteiger partial charge in [0.25, 0.3) is 5.69 Å². The van der Waals surface area contributed by atoms with E-state index >= 15 is 0 Å². The Kier molecular flexibility index (Phi) is 2.43. The molecule has 1 aromatic carbocycles. The van der Waals surface area contributed by atoms with Crippen LogP contribution in [0, 0.1) is 16.4 Å². The fourth-order valence-electron chi connectivity index (χ4n) is 1.20. The summed E-state index contributed by atoms with van der Waals surface area (Å²) in [7, 11) is 0. The quantitative estimate of drug-likeness (QED) is 0.579. The molecule has 0 spiro atoms. The molecule has 15 heavy (non-hydrogen) atoms. The normalized spacial score (nSPS) is 10.2. The van der Waals surface area contributed by atoms with Gasteiger partial charge < -0.3 is 4.42 Å². The van der Waals surface area contributed by atoms with Crippen molar-refractivity contribution in [2.24, 2.45) is 0 Å². The first-order valence-corrected chi connectivity index (χ1v) is 4.46. The predicted octanol–water partition coefficient (Wildman–Crippen LogP) is 3.31. The lowest BCUT2D eigenvalue weighted by atomic mass is 10.1. The summed E-state index contributed by atoms with van der Waals surface area (Å²) in [5, 5.41) is 10.6. The van der Waals surface area contributed by atoms with E-state index in [4.69, 9.17) is 16.0 Å². The summed E-state index contributed by atoms with van der Waals surface area (Å²) in [6, 6.07) is 7.74. The molecule has 0 N–H and O–H groups in total. The molecular weight excluding hydrogens is 218 g/mol. The van der Waals surface area contributed by atoms with E-state index in [-0.39, 0.29) is 10.7 Å². The van der Waals surface area contributed by atoms with E-state index in [1.54, 1.807) is 18.2 Å². The summed E-state index contributed by atoms with van der Waals surface area (Å²) in [4.78, 5) is 9.98. The van der Waals surface area contributed by atoms with Crippen LogP contribution in [0.5, 0.6) is 0 Å². The molecular formula is C10H5ClNO3. The Morgan fingerprint density at radius 2 is 2.20 bits per heavy atom. The number of rotatable bonds is 2. The van der Waals surface area contributed by atoms with E-state index in [1.165, 1.54) is 12.1 Å². The fraction of sp³-hybridized carbons (Fsp3) is 0. The molecule has 0 atom stereocenters. The fourth-order valence-corrected chi connectivity index (χ4v) is 1.45. The van der Waals surface area contributed by atoms with E-state index in [9.17, 15) is 10.1 Å². The summed E-state index contributed by atoms with van der Waals surface area (Å²) >= 11 is 5.75. The second kappa shape index (κ2) is 3.74. The zero-order valence-corrected chi connectivity index (χ0v) is 8.19. The standard InChI is InChI=1S/C10H5ClNO3/c11-8-6-7(10-2-1-5-15-10)3-4-9(8)12(13)14/h1-4,6H. The van der Waals surface area contributed by atoms with Crippen LogP contribution in [-0.2, 0) is 0 Å². The van der Waals surface area contributed by atoms with Crippen LogP contribution in [0.1, 0.15) is 0 Å². The van der Waals surface area contributed by atoms with E-state index in [0.717, 1.165) is 0 Å². The molecule has 1 heterocycles. The second-order valence-electron chi connectivity index (χ2n) is 2.84. The predicted molar refractivity (Wildman–Crippen MR) is 54.6 cm³/mol. The number of nitro benzene ring substituents is 1. The van der Waals surface area contributed by atoms with Crippen molar-refractivity contribution >= 4 is 17.3 Å². The molecule has 0 aliphatic heterocycles. The van der Waals surface area contributed by atoms with Gasteiger partial charge in [0.1, 0.15) is 10.8 Å². The van der Waals surface area contributed by atoms with Crippen LogP contribution in [0.25, 0.3) is 11.3 Å². The first kappa shape index (κ1) is 9.73. The van der Waals surface area contributed by atoms with Gasteiger partial charge in [-0.05, 0) is 24.3 Å².